The highest BCUT2D eigenvalue weighted by molar-refractivity contribution is 6.02. The van der Waals surface area contributed by atoms with Gasteiger partial charge in [-0.05, 0) is 62.3 Å². The molecule has 0 atom stereocenters. The smallest absolute Gasteiger partial charge is 0.194 e. The lowest BCUT2D eigenvalue weighted by molar-refractivity contribution is -0.0580. The van der Waals surface area contributed by atoms with Crippen molar-refractivity contribution in [3.8, 4) is 5.75 Å². The quantitative estimate of drug-likeness (QED) is 0.760. The molecule has 1 aliphatic rings. The molecule has 3 heteroatoms. The largest absolute Gasteiger partial charge is 0.497 e. The molecule has 0 spiro atoms. The third kappa shape index (κ3) is 3.46. The molecule has 1 aromatic carbocycles. The van der Waals surface area contributed by atoms with Gasteiger partial charge < -0.3 is 9.47 Å². The molecule has 0 heterocycles. The molecule has 1 aromatic rings. The molecule has 1 aliphatic carbocycles. The Morgan fingerprint density at radius 3 is 2.14 bits per heavy atom. The Morgan fingerprint density at radius 2 is 1.67 bits per heavy atom. The SMILES string of the molecule is CCOC1(C(=O)c2ccc(OC)cc2)CCC(C)(C)CC1. The van der Waals surface area contributed by atoms with Gasteiger partial charge in [0.15, 0.2) is 5.78 Å². The molecule has 0 amide bonds. The van der Waals surface area contributed by atoms with Gasteiger partial charge >= 0.3 is 0 Å². The van der Waals surface area contributed by atoms with Crippen LogP contribution in [0, 0.1) is 5.41 Å². The minimum atomic E-state index is -0.640. The Bertz CT molecular complexity index is 478. The van der Waals surface area contributed by atoms with Crippen molar-refractivity contribution in [3.05, 3.63) is 29.8 Å². The molecule has 2 rings (SSSR count). The Kier molecular flexibility index (Phi) is 4.72. The maximum Gasteiger partial charge on any atom is 0.194 e. The van der Waals surface area contributed by atoms with Crippen molar-refractivity contribution in [2.45, 2.75) is 52.1 Å². The maximum absolute atomic E-state index is 13.0. The highest BCUT2D eigenvalue weighted by atomic mass is 16.5. The lowest BCUT2D eigenvalue weighted by Gasteiger charge is -2.42. The number of hydrogen-bond donors (Lipinski definition) is 0. The van der Waals surface area contributed by atoms with Crippen LogP contribution in [-0.2, 0) is 4.74 Å². The molecule has 0 radical (unpaired) electrons. The van der Waals surface area contributed by atoms with E-state index in [1.165, 1.54) is 0 Å². The van der Waals surface area contributed by atoms with E-state index < -0.39 is 5.60 Å². The highest BCUT2D eigenvalue weighted by Gasteiger charge is 2.44. The first kappa shape index (κ1) is 16.0. The van der Waals surface area contributed by atoms with E-state index in [1.54, 1.807) is 7.11 Å². The number of carbonyl (C=O) groups is 1. The van der Waals surface area contributed by atoms with Crippen molar-refractivity contribution in [2.75, 3.05) is 13.7 Å². The molecular formula is C18H26O3. The zero-order chi connectivity index (χ0) is 15.5. The third-order valence-electron chi connectivity index (χ3n) is 4.60. The molecule has 0 bridgehead atoms. The van der Waals surface area contributed by atoms with Crippen LogP contribution in [0.4, 0.5) is 0 Å². The van der Waals surface area contributed by atoms with Crippen LogP contribution in [0.1, 0.15) is 56.8 Å². The number of benzene rings is 1. The number of rotatable bonds is 5. The van der Waals surface area contributed by atoms with Crippen LogP contribution in [0.15, 0.2) is 24.3 Å². The van der Waals surface area contributed by atoms with Crippen LogP contribution >= 0.6 is 0 Å². The predicted octanol–water partition coefficient (Wildman–Crippen LogP) is 4.25. The second kappa shape index (κ2) is 6.18. The van der Waals surface area contributed by atoms with Crippen molar-refractivity contribution < 1.29 is 14.3 Å². The Hall–Kier alpha value is -1.35. The molecule has 3 nitrogen and oxygen atoms in total. The Labute approximate surface area is 127 Å². The van der Waals surface area contributed by atoms with E-state index in [0.29, 0.717) is 17.6 Å². The van der Waals surface area contributed by atoms with Crippen LogP contribution in [0.5, 0.6) is 5.75 Å². The predicted molar refractivity (Wildman–Crippen MR) is 83.9 cm³/mol. The summed E-state index contributed by atoms with van der Waals surface area (Å²) in [6.45, 7) is 7.06. The fourth-order valence-corrected chi connectivity index (χ4v) is 3.05. The molecule has 1 fully saturated rings. The van der Waals surface area contributed by atoms with Crippen molar-refractivity contribution in [2.24, 2.45) is 5.41 Å². The average molecular weight is 290 g/mol. The van der Waals surface area contributed by atoms with Gasteiger partial charge in [0.05, 0.1) is 7.11 Å². The van der Waals surface area contributed by atoms with E-state index in [4.69, 9.17) is 9.47 Å². The first-order valence-corrected chi connectivity index (χ1v) is 7.75. The van der Waals surface area contributed by atoms with Crippen molar-refractivity contribution in [1.82, 2.24) is 0 Å². The monoisotopic (exact) mass is 290 g/mol. The molecule has 0 unspecified atom stereocenters. The maximum atomic E-state index is 13.0. The number of hydrogen-bond acceptors (Lipinski definition) is 3. The number of Topliss-reactive ketones (excluding diaryl/α,β-unsaturated/α-hetero) is 1. The first-order chi connectivity index (χ1) is 9.92. The van der Waals surface area contributed by atoms with Crippen LogP contribution < -0.4 is 4.74 Å². The molecule has 0 N–H and O–H groups in total. The normalized spacial score (nSPS) is 20.0. The van der Waals surface area contributed by atoms with Gasteiger partial charge in [0.1, 0.15) is 11.4 Å². The summed E-state index contributed by atoms with van der Waals surface area (Å²) >= 11 is 0. The molecule has 0 aliphatic heterocycles. The van der Waals surface area contributed by atoms with Gasteiger partial charge in [-0.3, -0.25) is 4.79 Å². The van der Waals surface area contributed by atoms with Crippen LogP contribution in [0.25, 0.3) is 0 Å². The van der Waals surface area contributed by atoms with Gasteiger partial charge in [-0.1, -0.05) is 13.8 Å². The van der Waals surface area contributed by atoms with Gasteiger partial charge in [-0.2, -0.15) is 0 Å². The van der Waals surface area contributed by atoms with E-state index >= 15 is 0 Å². The second-order valence-corrected chi connectivity index (χ2v) is 6.65. The van der Waals surface area contributed by atoms with Crippen LogP contribution in [-0.4, -0.2) is 25.1 Å². The fourth-order valence-electron chi connectivity index (χ4n) is 3.05. The lowest BCUT2D eigenvalue weighted by atomic mass is 9.68. The van der Waals surface area contributed by atoms with Gasteiger partial charge in [-0.25, -0.2) is 0 Å². The number of carbonyl (C=O) groups excluding carboxylic acids is 1. The topological polar surface area (TPSA) is 35.5 Å². The summed E-state index contributed by atoms with van der Waals surface area (Å²) in [7, 11) is 1.63. The summed E-state index contributed by atoms with van der Waals surface area (Å²) in [4.78, 5) is 13.0. The fraction of sp³-hybridized carbons (Fsp3) is 0.611. The van der Waals surface area contributed by atoms with Gasteiger partial charge in [0.25, 0.3) is 0 Å². The summed E-state index contributed by atoms with van der Waals surface area (Å²) < 4.78 is 11.1. The zero-order valence-electron chi connectivity index (χ0n) is 13.6. The highest BCUT2D eigenvalue weighted by Crippen LogP contribution is 2.43. The van der Waals surface area contributed by atoms with E-state index in [1.807, 2.05) is 31.2 Å². The average Bonchev–Trinajstić information content (AvgIpc) is 2.49. The van der Waals surface area contributed by atoms with Gasteiger partial charge in [-0.15, -0.1) is 0 Å². The second-order valence-electron chi connectivity index (χ2n) is 6.65. The summed E-state index contributed by atoms with van der Waals surface area (Å²) in [6.07, 6.45) is 3.65. The van der Waals surface area contributed by atoms with Crippen molar-refractivity contribution >= 4 is 5.78 Å². The first-order valence-electron chi connectivity index (χ1n) is 7.75. The van der Waals surface area contributed by atoms with Crippen LogP contribution in [0.2, 0.25) is 0 Å². The molecule has 0 aromatic heterocycles. The van der Waals surface area contributed by atoms with Gasteiger partial charge in [0, 0.05) is 12.2 Å². The number of ether oxygens (including phenoxy) is 2. The Balaban J connectivity index is 2.23. The van der Waals surface area contributed by atoms with E-state index in [-0.39, 0.29) is 5.78 Å². The molecule has 1 saturated carbocycles. The standard InChI is InChI=1S/C18H26O3/c1-5-21-18(12-10-17(2,3)11-13-18)16(19)14-6-8-15(20-4)9-7-14/h6-9H,5,10-13H2,1-4H3. The molecule has 0 saturated heterocycles. The van der Waals surface area contributed by atoms with Crippen molar-refractivity contribution in [1.29, 1.82) is 0 Å². The minimum Gasteiger partial charge on any atom is -0.497 e. The van der Waals surface area contributed by atoms with E-state index in [9.17, 15) is 4.79 Å². The van der Waals surface area contributed by atoms with E-state index in [0.717, 1.165) is 31.4 Å². The zero-order valence-corrected chi connectivity index (χ0v) is 13.6. The number of ketones is 1. The summed E-state index contributed by atoms with van der Waals surface area (Å²) in [5.41, 5.74) is 0.378. The van der Waals surface area contributed by atoms with Crippen molar-refractivity contribution in [3.63, 3.8) is 0 Å². The minimum absolute atomic E-state index is 0.113. The van der Waals surface area contributed by atoms with Gasteiger partial charge in [0.2, 0.25) is 0 Å². The summed E-state index contributed by atoms with van der Waals surface area (Å²) in [5.74, 6) is 0.879. The Morgan fingerprint density at radius 1 is 1.10 bits per heavy atom. The van der Waals surface area contributed by atoms with Crippen LogP contribution in [0.3, 0.4) is 0 Å². The summed E-state index contributed by atoms with van der Waals surface area (Å²) in [6, 6.07) is 7.34. The van der Waals surface area contributed by atoms with E-state index in [2.05, 4.69) is 13.8 Å². The molecular weight excluding hydrogens is 264 g/mol. The summed E-state index contributed by atoms with van der Waals surface area (Å²) in [5, 5.41) is 0. The third-order valence-corrected chi connectivity index (χ3v) is 4.60. The molecule has 21 heavy (non-hydrogen) atoms. The number of methoxy groups -OCH3 is 1. The molecule has 116 valence electrons. The lowest BCUT2D eigenvalue weighted by Crippen LogP contribution is -2.46.